The number of aryl methyl sites for hydroxylation is 1. The molecule has 4 aromatic rings. The quantitative estimate of drug-likeness (QED) is 0.336. The summed E-state index contributed by atoms with van der Waals surface area (Å²) >= 11 is 0. The van der Waals surface area contributed by atoms with Crippen LogP contribution < -0.4 is 4.90 Å². The van der Waals surface area contributed by atoms with E-state index in [2.05, 4.69) is 4.98 Å². The Morgan fingerprint density at radius 2 is 1.75 bits per heavy atom. The van der Waals surface area contributed by atoms with Crippen LogP contribution in [0.4, 0.5) is 5.69 Å². The van der Waals surface area contributed by atoms with Gasteiger partial charge in [-0.2, -0.15) is 0 Å². The molecule has 0 radical (unpaired) electrons. The van der Waals surface area contributed by atoms with Crippen molar-refractivity contribution in [2.45, 2.75) is 45.7 Å². The van der Waals surface area contributed by atoms with Crippen molar-refractivity contribution in [2.24, 2.45) is 0 Å². The van der Waals surface area contributed by atoms with Crippen molar-refractivity contribution in [1.29, 1.82) is 0 Å². The van der Waals surface area contributed by atoms with Gasteiger partial charge >= 0.3 is 0 Å². The van der Waals surface area contributed by atoms with E-state index in [4.69, 9.17) is 4.42 Å². The van der Waals surface area contributed by atoms with E-state index in [1.165, 1.54) is 4.90 Å². The first-order valence-electron chi connectivity index (χ1n) is 12.1. The van der Waals surface area contributed by atoms with Gasteiger partial charge in [0.1, 0.15) is 11.6 Å². The third kappa shape index (κ3) is 4.52. The van der Waals surface area contributed by atoms with Gasteiger partial charge in [0, 0.05) is 18.5 Å². The summed E-state index contributed by atoms with van der Waals surface area (Å²) in [4.78, 5) is 46.7. The van der Waals surface area contributed by atoms with Crippen LogP contribution in [0.15, 0.2) is 77.2 Å². The fourth-order valence-electron chi connectivity index (χ4n) is 4.50. The molecule has 0 N–H and O–H groups in total. The molecule has 0 spiro atoms. The molecule has 2 heterocycles. The number of para-hydroxylation sites is 2. The zero-order chi connectivity index (χ0) is 25.2. The molecule has 1 aromatic heterocycles. The Morgan fingerprint density at radius 3 is 2.44 bits per heavy atom. The molecule has 7 nitrogen and oxygen atoms in total. The fourth-order valence-corrected chi connectivity index (χ4v) is 4.50. The molecule has 0 saturated carbocycles. The number of benzene rings is 3. The number of rotatable bonds is 7. The van der Waals surface area contributed by atoms with Crippen LogP contribution in [0.1, 0.15) is 37.3 Å². The van der Waals surface area contributed by atoms with Crippen LogP contribution in [-0.2, 0) is 20.9 Å². The third-order valence-electron chi connectivity index (χ3n) is 6.42. The first-order valence-corrected chi connectivity index (χ1v) is 12.1. The number of oxazole rings is 1. The van der Waals surface area contributed by atoms with Gasteiger partial charge in [-0.15, -0.1) is 0 Å². The Balaban J connectivity index is 1.39. The van der Waals surface area contributed by atoms with Crippen LogP contribution in [0.3, 0.4) is 0 Å². The second-order valence-corrected chi connectivity index (χ2v) is 9.08. The van der Waals surface area contributed by atoms with Crippen molar-refractivity contribution < 1.29 is 18.8 Å². The summed E-state index contributed by atoms with van der Waals surface area (Å²) in [5, 5.41) is 0. The standard InChI is InChI=1S/C29H27N3O4/c1-3-6-26(33)31(18-20-11-9-19(2)10-12-20)24-17-27(34)32(29(24)35)22-15-13-21(14-16-22)28-30-23-7-4-5-8-25(23)36-28/h4-5,7-16,24H,3,6,17-18H2,1-2H3. The predicted molar refractivity (Wildman–Crippen MR) is 137 cm³/mol. The zero-order valence-electron chi connectivity index (χ0n) is 20.3. The van der Waals surface area contributed by atoms with Gasteiger partial charge in [-0.05, 0) is 55.3 Å². The zero-order valence-corrected chi connectivity index (χ0v) is 20.3. The summed E-state index contributed by atoms with van der Waals surface area (Å²) in [6.45, 7) is 4.21. The van der Waals surface area contributed by atoms with Crippen LogP contribution in [0, 0.1) is 6.92 Å². The molecule has 3 aromatic carbocycles. The van der Waals surface area contributed by atoms with Gasteiger partial charge in [-0.25, -0.2) is 9.88 Å². The lowest BCUT2D eigenvalue weighted by Crippen LogP contribution is -2.45. The van der Waals surface area contributed by atoms with E-state index in [0.29, 0.717) is 30.0 Å². The molecule has 5 rings (SSSR count). The van der Waals surface area contributed by atoms with Crippen LogP contribution in [0.5, 0.6) is 0 Å². The molecule has 0 bridgehead atoms. The highest BCUT2D eigenvalue weighted by molar-refractivity contribution is 6.23. The monoisotopic (exact) mass is 481 g/mol. The van der Waals surface area contributed by atoms with Gasteiger partial charge in [0.2, 0.25) is 17.7 Å². The number of anilines is 1. The molecular formula is C29H27N3O4. The van der Waals surface area contributed by atoms with E-state index >= 15 is 0 Å². The smallest absolute Gasteiger partial charge is 0.257 e. The number of hydrogen-bond donors (Lipinski definition) is 0. The number of hydrogen-bond acceptors (Lipinski definition) is 5. The summed E-state index contributed by atoms with van der Waals surface area (Å²) < 4.78 is 5.82. The second kappa shape index (κ2) is 9.77. The summed E-state index contributed by atoms with van der Waals surface area (Å²) in [5.74, 6) is -0.365. The lowest BCUT2D eigenvalue weighted by atomic mass is 10.1. The SMILES string of the molecule is CCCC(=O)N(Cc1ccc(C)cc1)C1CC(=O)N(c2ccc(-c3nc4ccccc4o3)cc2)C1=O. The number of aromatic nitrogens is 1. The molecule has 1 unspecified atom stereocenters. The molecule has 1 aliphatic rings. The summed E-state index contributed by atoms with van der Waals surface area (Å²) in [6.07, 6.45) is 0.954. The number of fused-ring (bicyclic) bond motifs is 1. The Labute approximate surface area is 209 Å². The number of imide groups is 1. The van der Waals surface area contributed by atoms with Crippen molar-refractivity contribution in [3.05, 3.63) is 83.9 Å². The molecular weight excluding hydrogens is 454 g/mol. The highest BCUT2D eigenvalue weighted by Gasteiger charge is 2.44. The molecule has 1 atom stereocenters. The maximum absolute atomic E-state index is 13.5. The minimum absolute atomic E-state index is 0.0347. The molecule has 182 valence electrons. The minimum atomic E-state index is -0.824. The third-order valence-corrected chi connectivity index (χ3v) is 6.42. The van der Waals surface area contributed by atoms with E-state index < -0.39 is 6.04 Å². The maximum atomic E-state index is 13.5. The average Bonchev–Trinajstić information content (AvgIpc) is 3.44. The fraction of sp³-hybridized carbons (Fsp3) is 0.241. The Kier molecular flexibility index (Phi) is 6.38. The van der Waals surface area contributed by atoms with Crippen molar-refractivity contribution >= 4 is 34.5 Å². The van der Waals surface area contributed by atoms with Crippen LogP contribution in [0.25, 0.3) is 22.6 Å². The van der Waals surface area contributed by atoms with E-state index in [0.717, 1.165) is 22.2 Å². The average molecular weight is 482 g/mol. The van der Waals surface area contributed by atoms with Gasteiger partial charge in [0.25, 0.3) is 5.91 Å². The molecule has 7 heteroatoms. The van der Waals surface area contributed by atoms with Crippen LogP contribution in [-0.4, -0.2) is 33.6 Å². The van der Waals surface area contributed by atoms with E-state index in [1.807, 2.05) is 62.4 Å². The second-order valence-electron chi connectivity index (χ2n) is 9.08. The largest absolute Gasteiger partial charge is 0.436 e. The van der Waals surface area contributed by atoms with Crippen molar-refractivity contribution in [3.63, 3.8) is 0 Å². The van der Waals surface area contributed by atoms with Crippen molar-refractivity contribution in [3.8, 4) is 11.5 Å². The number of amides is 3. The van der Waals surface area contributed by atoms with Crippen LogP contribution in [0.2, 0.25) is 0 Å². The lowest BCUT2D eigenvalue weighted by Gasteiger charge is -2.28. The van der Waals surface area contributed by atoms with Gasteiger partial charge in [0.05, 0.1) is 12.1 Å². The Hall–Kier alpha value is -4.26. The van der Waals surface area contributed by atoms with E-state index in [9.17, 15) is 14.4 Å². The van der Waals surface area contributed by atoms with E-state index in [1.54, 1.807) is 29.2 Å². The van der Waals surface area contributed by atoms with Gasteiger partial charge < -0.3 is 9.32 Å². The predicted octanol–water partition coefficient (Wildman–Crippen LogP) is 5.26. The molecule has 36 heavy (non-hydrogen) atoms. The van der Waals surface area contributed by atoms with Crippen molar-refractivity contribution in [1.82, 2.24) is 9.88 Å². The van der Waals surface area contributed by atoms with Crippen molar-refractivity contribution in [2.75, 3.05) is 4.90 Å². The summed E-state index contributed by atoms with van der Waals surface area (Å²) in [5.41, 5.74) is 4.69. The van der Waals surface area contributed by atoms with Gasteiger partial charge in [0.15, 0.2) is 5.58 Å². The van der Waals surface area contributed by atoms with Crippen LogP contribution >= 0.6 is 0 Å². The molecule has 1 fully saturated rings. The number of nitrogens with zero attached hydrogens (tertiary/aromatic N) is 3. The topological polar surface area (TPSA) is 83.7 Å². The van der Waals surface area contributed by atoms with E-state index in [-0.39, 0.29) is 30.7 Å². The maximum Gasteiger partial charge on any atom is 0.257 e. The van der Waals surface area contributed by atoms with Gasteiger partial charge in [-0.3, -0.25) is 14.4 Å². The molecule has 0 aliphatic carbocycles. The Morgan fingerprint density at radius 1 is 1.03 bits per heavy atom. The summed E-state index contributed by atoms with van der Waals surface area (Å²) in [7, 11) is 0. The Bertz CT molecular complexity index is 1390. The molecule has 1 aliphatic heterocycles. The minimum Gasteiger partial charge on any atom is -0.436 e. The number of carbonyl (C=O) groups is 3. The lowest BCUT2D eigenvalue weighted by molar-refractivity contribution is -0.139. The number of carbonyl (C=O) groups excluding carboxylic acids is 3. The molecule has 3 amide bonds. The van der Waals surface area contributed by atoms with Gasteiger partial charge in [-0.1, -0.05) is 48.9 Å². The molecule has 1 saturated heterocycles. The normalized spacial score (nSPS) is 15.6. The summed E-state index contributed by atoms with van der Waals surface area (Å²) in [6, 6.07) is 21.5. The highest BCUT2D eigenvalue weighted by atomic mass is 16.3. The first kappa shape index (κ1) is 23.5. The highest BCUT2D eigenvalue weighted by Crippen LogP contribution is 2.30. The first-order chi connectivity index (χ1) is 17.4.